The van der Waals surface area contributed by atoms with Crippen LogP contribution >= 0.6 is 56.8 Å². The van der Waals surface area contributed by atoms with Gasteiger partial charge in [0.15, 0.2) is 0 Å². The van der Waals surface area contributed by atoms with E-state index in [1.807, 2.05) is 40.8 Å². The summed E-state index contributed by atoms with van der Waals surface area (Å²) in [4.78, 5) is 15.8. The molecule has 0 unspecified atom stereocenters. The van der Waals surface area contributed by atoms with Crippen LogP contribution in [0.2, 0.25) is 5.02 Å². The van der Waals surface area contributed by atoms with Crippen LogP contribution in [0.15, 0.2) is 41.5 Å². The highest BCUT2D eigenvalue weighted by Gasteiger charge is 2.21. The lowest BCUT2D eigenvalue weighted by Gasteiger charge is -2.31. The fraction of sp³-hybridized carbons (Fsp3) is 0.300. The number of nitrogens with zero attached hydrogens (tertiary/aromatic N) is 2. The Morgan fingerprint density at radius 2 is 1.93 bits per heavy atom. The second-order valence-corrected chi connectivity index (χ2v) is 9.77. The molecule has 9 heteroatoms. The molecule has 0 aromatic heterocycles. The van der Waals surface area contributed by atoms with Crippen LogP contribution in [0.5, 0.6) is 5.75 Å². The average molecular weight is 639 g/mol. The highest BCUT2D eigenvalue weighted by atomic mass is 127. The van der Waals surface area contributed by atoms with Crippen molar-refractivity contribution in [2.45, 2.75) is 6.54 Å². The van der Waals surface area contributed by atoms with Crippen molar-refractivity contribution in [1.82, 2.24) is 10.3 Å². The number of quaternary nitrogens is 1. The third-order valence-corrected chi connectivity index (χ3v) is 6.40. The number of piperazine rings is 1. The molecule has 1 aliphatic heterocycles. The molecule has 29 heavy (non-hydrogen) atoms. The zero-order valence-electron chi connectivity index (χ0n) is 15.6. The molecule has 0 spiro atoms. The van der Waals surface area contributed by atoms with Crippen LogP contribution in [0.4, 0.5) is 0 Å². The number of halogens is 3. The topological polar surface area (TPSA) is 72.2 Å². The molecule has 1 heterocycles. The Balaban J connectivity index is 1.42. The van der Waals surface area contributed by atoms with Gasteiger partial charge < -0.3 is 10.0 Å². The molecule has 0 radical (unpaired) electrons. The second kappa shape index (κ2) is 10.9. The summed E-state index contributed by atoms with van der Waals surface area (Å²) in [5.41, 5.74) is 4.27. The van der Waals surface area contributed by atoms with Gasteiger partial charge in [0.25, 0.3) is 5.91 Å². The second-order valence-electron chi connectivity index (χ2n) is 6.93. The minimum atomic E-state index is -0.171. The van der Waals surface area contributed by atoms with Crippen LogP contribution in [-0.2, 0) is 11.3 Å². The van der Waals surface area contributed by atoms with E-state index in [0.717, 1.165) is 41.3 Å². The number of hydrogen-bond donors (Lipinski definition) is 2. The fourth-order valence-corrected chi connectivity index (χ4v) is 5.20. The molecule has 154 valence electrons. The van der Waals surface area contributed by atoms with Crippen LogP contribution in [0, 0.1) is 7.14 Å². The summed E-state index contributed by atoms with van der Waals surface area (Å²) in [7, 11) is 0. The number of amides is 1. The van der Waals surface area contributed by atoms with E-state index in [1.165, 1.54) is 16.7 Å². The molecule has 0 aliphatic carbocycles. The molecular weight excluding hydrogens is 618 g/mol. The van der Waals surface area contributed by atoms with Gasteiger partial charge in [-0.2, -0.15) is 5.10 Å². The molecule has 3 rings (SSSR count). The first kappa shape index (κ1) is 22.7. The lowest BCUT2D eigenvalue weighted by molar-refractivity contribution is -0.918. The Hall–Kier alpha value is -0.950. The van der Waals surface area contributed by atoms with E-state index < -0.39 is 0 Å². The maximum absolute atomic E-state index is 12.2. The standard InChI is InChI=1S/C20H21ClI2N4O2/c21-16-3-1-14(2-4-16)12-26-5-7-27(8-6-26)13-19(28)25-24-11-15-9-17(22)10-18(23)20(15)29/h1-4,9-11,29H,5-8,12-13H2,(H,25,28)/b24-11+. The van der Waals surface area contributed by atoms with Crippen molar-refractivity contribution in [2.75, 3.05) is 32.7 Å². The maximum Gasteiger partial charge on any atom is 0.254 e. The number of benzene rings is 2. The molecule has 2 aromatic carbocycles. The van der Waals surface area contributed by atoms with Gasteiger partial charge in [0.1, 0.15) is 6.54 Å². The molecule has 0 bridgehead atoms. The van der Waals surface area contributed by atoms with Crippen molar-refractivity contribution in [3.05, 3.63) is 59.7 Å². The van der Waals surface area contributed by atoms with Crippen molar-refractivity contribution < 1.29 is 14.8 Å². The van der Waals surface area contributed by atoms with Gasteiger partial charge >= 0.3 is 0 Å². The Morgan fingerprint density at radius 1 is 1.24 bits per heavy atom. The third-order valence-electron chi connectivity index (χ3n) is 4.73. The van der Waals surface area contributed by atoms with Crippen LogP contribution in [0.3, 0.4) is 0 Å². The summed E-state index contributed by atoms with van der Waals surface area (Å²) in [5, 5.41) is 16.8. The van der Waals surface area contributed by atoms with Crippen molar-refractivity contribution in [2.24, 2.45) is 5.10 Å². The zero-order chi connectivity index (χ0) is 20.8. The molecule has 1 saturated heterocycles. The molecule has 6 nitrogen and oxygen atoms in total. The monoisotopic (exact) mass is 638 g/mol. The van der Waals surface area contributed by atoms with Gasteiger partial charge in [0, 0.05) is 30.8 Å². The summed E-state index contributed by atoms with van der Waals surface area (Å²) < 4.78 is 1.60. The minimum Gasteiger partial charge on any atom is -0.871 e. The van der Waals surface area contributed by atoms with Crippen molar-refractivity contribution in [3.8, 4) is 5.75 Å². The number of nitrogens with one attached hydrogen (secondary N) is 2. The van der Waals surface area contributed by atoms with Crippen molar-refractivity contribution in [1.29, 1.82) is 0 Å². The predicted octanol–water partition coefficient (Wildman–Crippen LogP) is 1.47. The summed E-state index contributed by atoms with van der Waals surface area (Å²) in [6.45, 7) is 4.96. The van der Waals surface area contributed by atoms with Gasteiger partial charge in [-0.05, 0) is 75.0 Å². The first-order chi connectivity index (χ1) is 13.9. The summed E-state index contributed by atoms with van der Waals surface area (Å²) in [5.74, 6) is -0.251. The van der Waals surface area contributed by atoms with Gasteiger partial charge in [-0.25, -0.2) is 5.43 Å². The number of hydrogen-bond acceptors (Lipinski definition) is 4. The first-order valence-electron chi connectivity index (χ1n) is 9.19. The molecule has 1 aliphatic rings. The van der Waals surface area contributed by atoms with E-state index in [-0.39, 0.29) is 11.7 Å². The average Bonchev–Trinajstić information content (AvgIpc) is 2.69. The highest BCUT2D eigenvalue weighted by molar-refractivity contribution is 14.1. The van der Waals surface area contributed by atoms with E-state index in [1.54, 1.807) is 6.07 Å². The number of rotatable bonds is 6. The van der Waals surface area contributed by atoms with Crippen molar-refractivity contribution in [3.63, 3.8) is 0 Å². The van der Waals surface area contributed by atoms with E-state index >= 15 is 0 Å². The van der Waals surface area contributed by atoms with E-state index in [2.05, 4.69) is 50.2 Å². The largest absolute Gasteiger partial charge is 0.871 e. The molecule has 0 atom stereocenters. The molecular formula is C20H21ClI2N4O2. The smallest absolute Gasteiger partial charge is 0.254 e. The van der Waals surface area contributed by atoms with Gasteiger partial charge in [0.2, 0.25) is 0 Å². The highest BCUT2D eigenvalue weighted by Crippen LogP contribution is 2.23. The minimum absolute atomic E-state index is 0.0798. The SMILES string of the molecule is O=C(CN1CC[NH+](Cc2ccc(Cl)cc2)CC1)N/N=C/c1cc(I)cc(I)c1[O-]. The Morgan fingerprint density at radius 3 is 2.62 bits per heavy atom. The molecule has 2 aromatic rings. The van der Waals surface area contributed by atoms with Gasteiger partial charge in [-0.3, -0.25) is 9.69 Å². The van der Waals surface area contributed by atoms with Crippen molar-refractivity contribution >= 4 is 68.9 Å². The van der Waals surface area contributed by atoms with Crippen LogP contribution in [0.1, 0.15) is 11.1 Å². The first-order valence-corrected chi connectivity index (χ1v) is 11.7. The number of carbonyl (C=O) groups is 1. The molecule has 2 N–H and O–H groups in total. The van der Waals surface area contributed by atoms with E-state index in [0.29, 0.717) is 15.7 Å². The quantitative estimate of drug-likeness (QED) is 0.286. The van der Waals surface area contributed by atoms with Gasteiger partial charge in [-0.15, -0.1) is 0 Å². The Kier molecular flexibility index (Phi) is 8.54. The van der Waals surface area contributed by atoms with E-state index in [4.69, 9.17) is 11.6 Å². The third kappa shape index (κ3) is 7.06. The normalized spacial score (nSPS) is 15.7. The lowest BCUT2D eigenvalue weighted by Crippen LogP contribution is -3.13. The summed E-state index contributed by atoms with van der Waals surface area (Å²) >= 11 is 10.1. The Labute approximate surface area is 202 Å². The van der Waals surface area contributed by atoms with Crippen LogP contribution in [0.25, 0.3) is 0 Å². The van der Waals surface area contributed by atoms with Gasteiger partial charge in [0.05, 0.1) is 25.8 Å². The number of hydrazone groups is 1. The van der Waals surface area contributed by atoms with E-state index in [9.17, 15) is 9.90 Å². The molecule has 1 fully saturated rings. The Bertz CT molecular complexity index is 885. The maximum atomic E-state index is 12.2. The number of carbonyl (C=O) groups excluding carboxylic acids is 1. The van der Waals surface area contributed by atoms with Crippen LogP contribution in [-0.4, -0.2) is 49.7 Å². The molecule has 0 saturated carbocycles. The molecule has 1 amide bonds. The predicted molar refractivity (Wildman–Crippen MR) is 129 cm³/mol. The lowest BCUT2D eigenvalue weighted by atomic mass is 10.2. The van der Waals surface area contributed by atoms with Crippen LogP contribution < -0.4 is 15.4 Å². The zero-order valence-corrected chi connectivity index (χ0v) is 20.7. The summed E-state index contributed by atoms with van der Waals surface area (Å²) in [6.07, 6.45) is 1.42. The summed E-state index contributed by atoms with van der Waals surface area (Å²) in [6, 6.07) is 11.5. The van der Waals surface area contributed by atoms with Gasteiger partial charge in [-0.1, -0.05) is 29.5 Å². The fourth-order valence-electron chi connectivity index (χ4n) is 3.18.